The number of methoxy groups -OCH3 is 1. The fourth-order valence-corrected chi connectivity index (χ4v) is 2.62. The minimum Gasteiger partial charge on any atom is -0.497 e. The number of aromatic nitrogens is 1. The predicted molar refractivity (Wildman–Crippen MR) is 108 cm³/mol. The first kappa shape index (κ1) is 19.1. The number of anilines is 1. The Morgan fingerprint density at radius 3 is 2.29 bits per heavy atom. The summed E-state index contributed by atoms with van der Waals surface area (Å²) in [4.78, 5) is 29.0. The minimum absolute atomic E-state index is 0.179. The molecule has 2 N–H and O–H groups in total. The van der Waals surface area contributed by atoms with Gasteiger partial charge in [-0.25, -0.2) is 4.98 Å². The molecular weight excluding hydrogens is 354 g/mol. The van der Waals surface area contributed by atoms with Crippen molar-refractivity contribution in [2.75, 3.05) is 12.4 Å². The molecule has 0 atom stereocenters. The summed E-state index contributed by atoms with van der Waals surface area (Å²) in [6.45, 7) is 2.30. The van der Waals surface area contributed by atoms with Crippen molar-refractivity contribution in [1.29, 1.82) is 0 Å². The van der Waals surface area contributed by atoms with Crippen LogP contribution in [-0.2, 0) is 6.54 Å². The molecule has 0 aliphatic rings. The van der Waals surface area contributed by atoms with E-state index in [0.717, 1.165) is 16.9 Å². The number of carbonyl (C=O) groups is 2. The molecule has 3 rings (SSSR count). The van der Waals surface area contributed by atoms with E-state index in [9.17, 15) is 9.59 Å². The fourth-order valence-electron chi connectivity index (χ4n) is 2.62. The van der Waals surface area contributed by atoms with Crippen molar-refractivity contribution < 1.29 is 14.3 Å². The highest BCUT2D eigenvalue weighted by molar-refractivity contribution is 6.03. The van der Waals surface area contributed by atoms with Crippen LogP contribution < -0.4 is 15.4 Å². The number of pyridine rings is 1. The van der Waals surface area contributed by atoms with Crippen LogP contribution >= 0.6 is 0 Å². The third-order valence-electron chi connectivity index (χ3n) is 4.10. The van der Waals surface area contributed by atoms with Gasteiger partial charge in [0.25, 0.3) is 11.8 Å². The summed E-state index contributed by atoms with van der Waals surface area (Å²) in [7, 11) is 1.60. The van der Waals surface area contributed by atoms with Gasteiger partial charge in [-0.05, 0) is 54.4 Å². The SMILES string of the molecule is COc1ccc(CNC(=O)c2cccc(C(=O)Nc3cccc(C)c3)n2)cc1. The van der Waals surface area contributed by atoms with E-state index >= 15 is 0 Å². The Morgan fingerprint density at radius 1 is 0.929 bits per heavy atom. The van der Waals surface area contributed by atoms with E-state index < -0.39 is 0 Å². The number of rotatable bonds is 6. The van der Waals surface area contributed by atoms with E-state index in [1.165, 1.54) is 0 Å². The zero-order chi connectivity index (χ0) is 19.9. The van der Waals surface area contributed by atoms with Crippen LogP contribution in [0, 0.1) is 6.92 Å². The van der Waals surface area contributed by atoms with Gasteiger partial charge in [0.2, 0.25) is 0 Å². The van der Waals surface area contributed by atoms with E-state index in [2.05, 4.69) is 15.6 Å². The molecule has 6 nitrogen and oxygen atoms in total. The normalized spacial score (nSPS) is 10.2. The van der Waals surface area contributed by atoms with Gasteiger partial charge in [0.15, 0.2) is 0 Å². The van der Waals surface area contributed by atoms with Gasteiger partial charge in [-0.3, -0.25) is 9.59 Å². The molecule has 1 heterocycles. The average molecular weight is 375 g/mol. The number of hydrogen-bond acceptors (Lipinski definition) is 4. The van der Waals surface area contributed by atoms with Crippen molar-refractivity contribution in [3.8, 4) is 5.75 Å². The highest BCUT2D eigenvalue weighted by Crippen LogP contribution is 2.12. The molecule has 0 aliphatic heterocycles. The standard InChI is InChI=1S/C22H21N3O3/c1-15-5-3-6-17(13-15)24-22(27)20-8-4-7-19(25-20)21(26)23-14-16-9-11-18(28-2)12-10-16/h3-13H,14H2,1-2H3,(H,23,26)(H,24,27). The number of amides is 2. The number of benzene rings is 2. The molecular formula is C22H21N3O3. The molecule has 0 saturated carbocycles. The Hall–Kier alpha value is -3.67. The molecule has 0 aliphatic carbocycles. The van der Waals surface area contributed by atoms with Crippen molar-refractivity contribution in [3.63, 3.8) is 0 Å². The molecule has 2 aromatic carbocycles. The molecule has 28 heavy (non-hydrogen) atoms. The summed E-state index contributed by atoms with van der Waals surface area (Å²) in [6, 6.07) is 19.7. The smallest absolute Gasteiger partial charge is 0.274 e. The molecule has 0 saturated heterocycles. The van der Waals surface area contributed by atoms with E-state index in [1.54, 1.807) is 31.4 Å². The molecule has 3 aromatic rings. The number of nitrogens with zero attached hydrogens (tertiary/aromatic N) is 1. The molecule has 2 amide bonds. The zero-order valence-corrected chi connectivity index (χ0v) is 15.7. The molecule has 6 heteroatoms. The molecule has 0 bridgehead atoms. The topological polar surface area (TPSA) is 80.3 Å². The number of hydrogen-bond donors (Lipinski definition) is 2. The Balaban J connectivity index is 1.64. The molecule has 1 aromatic heterocycles. The summed E-state index contributed by atoms with van der Waals surface area (Å²) >= 11 is 0. The maximum Gasteiger partial charge on any atom is 0.274 e. The number of nitrogens with one attached hydrogen (secondary N) is 2. The van der Waals surface area contributed by atoms with E-state index in [-0.39, 0.29) is 23.2 Å². The molecule has 0 fully saturated rings. The van der Waals surface area contributed by atoms with Crippen LogP contribution in [0.4, 0.5) is 5.69 Å². The Morgan fingerprint density at radius 2 is 1.61 bits per heavy atom. The van der Waals surface area contributed by atoms with E-state index in [4.69, 9.17) is 4.74 Å². The molecule has 142 valence electrons. The van der Waals surface area contributed by atoms with Crippen molar-refractivity contribution in [2.24, 2.45) is 0 Å². The summed E-state index contributed by atoms with van der Waals surface area (Å²) in [5, 5.41) is 5.59. The average Bonchev–Trinajstić information content (AvgIpc) is 2.72. The zero-order valence-electron chi connectivity index (χ0n) is 15.7. The molecule has 0 unspecified atom stereocenters. The van der Waals surface area contributed by atoms with Crippen molar-refractivity contribution >= 4 is 17.5 Å². The summed E-state index contributed by atoms with van der Waals surface area (Å²) < 4.78 is 5.11. The van der Waals surface area contributed by atoms with Gasteiger partial charge in [-0.15, -0.1) is 0 Å². The number of aryl methyl sites for hydroxylation is 1. The van der Waals surface area contributed by atoms with Gasteiger partial charge in [0, 0.05) is 12.2 Å². The maximum atomic E-state index is 12.4. The lowest BCUT2D eigenvalue weighted by Crippen LogP contribution is -2.25. The van der Waals surface area contributed by atoms with Crippen LogP contribution in [0.5, 0.6) is 5.75 Å². The summed E-state index contributed by atoms with van der Waals surface area (Å²) in [5.41, 5.74) is 3.02. The molecule has 0 spiro atoms. The Labute approximate surface area is 163 Å². The van der Waals surface area contributed by atoms with Crippen LogP contribution in [0.15, 0.2) is 66.7 Å². The van der Waals surface area contributed by atoms with Crippen LogP contribution in [0.1, 0.15) is 32.1 Å². The maximum absolute atomic E-state index is 12.4. The fraction of sp³-hybridized carbons (Fsp3) is 0.136. The third kappa shape index (κ3) is 4.94. The van der Waals surface area contributed by atoms with E-state index in [1.807, 2.05) is 49.4 Å². The largest absolute Gasteiger partial charge is 0.497 e. The second-order valence-electron chi connectivity index (χ2n) is 6.26. The van der Waals surface area contributed by atoms with Gasteiger partial charge in [-0.2, -0.15) is 0 Å². The summed E-state index contributed by atoms with van der Waals surface area (Å²) in [5.74, 6) is 0.0421. The van der Waals surface area contributed by atoms with Crippen LogP contribution in [0.25, 0.3) is 0 Å². The minimum atomic E-state index is -0.365. The summed E-state index contributed by atoms with van der Waals surface area (Å²) in [6.07, 6.45) is 0. The first-order chi connectivity index (χ1) is 13.5. The van der Waals surface area contributed by atoms with Gasteiger partial charge in [-0.1, -0.05) is 30.3 Å². The second-order valence-corrected chi connectivity index (χ2v) is 6.26. The van der Waals surface area contributed by atoms with Crippen molar-refractivity contribution in [2.45, 2.75) is 13.5 Å². The first-order valence-corrected chi connectivity index (χ1v) is 8.81. The lowest BCUT2D eigenvalue weighted by atomic mass is 10.2. The van der Waals surface area contributed by atoms with Crippen molar-refractivity contribution in [3.05, 3.63) is 89.2 Å². The highest BCUT2D eigenvalue weighted by Gasteiger charge is 2.12. The Kier molecular flexibility index (Phi) is 6.01. The number of ether oxygens (including phenoxy) is 1. The van der Waals surface area contributed by atoms with Crippen LogP contribution in [-0.4, -0.2) is 23.9 Å². The number of carbonyl (C=O) groups excluding carboxylic acids is 2. The van der Waals surface area contributed by atoms with Crippen LogP contribution in [0.2, 0.25) is 0 Å². The quantitative estimate of drug-likeness (QED) is 0.690. The first-order valence-electron chi connectivity index (χ1n) is 8.81. The Bertz CT molecular complexity index is 984. The predicted octanol–water partition coefficient (Wildman–Crippen LogP) is 3.58. The second kappa shape index (κ2) is 8.81. The highest BCUT2D eigenvalue weighted by atomic mass is 16.5. The van der Waals surface area contributed by atoms with Gasteiger partial charge in [0.1, 0.15) is 17.1 Å². The lowest BCUT2D eigenvalue weighted by Gasteiger charge is -2.08. The lowest BCUT2D eigenvalue weighted by molar-refractivity contribution is 0.0945. The monoisotopic (exact) mass is 375 g/mol. The van der Waals surface area contributed by atoms with Gasteiger partial charge >= 0.3 is 0 Å². The molecule has 0 radical (unpaired) electrons. The van der Waals surface area contributed by atoms with E-state index in [0.29, 0.717) is 12.2 Å². The van der Waals surface area contributed by atoms with Crippen LogP contribution in [0.3, 0.4) is 0 Å². The van der Waals surface area contributed by atoms with Gasteiger partial charge in [0.05, 0.1) is 7.11 Å². The third-order valence-corrected chi connectivity index (χ3v) is 4.10. The van der Waals surface area contributed by atoms with Gasteiger partial charge < -0.3 is 15.4 Å². The van der Waals surface area contributed by atoms with Crippen molar-refractivity contribution in [1.82, 2.24) is 10.3 Å².